The molecule has 1 aromatic carbocycles. The maximum Gasteiger partial charge on any atom is 0.437 e. The van der Waals surface area contributed by atoms with Crippen LogP contribution in [0.2, 0.25) is 0 Å². The van der Waals surface area contributed by atoms with Crippen molar-refractivity contribution in [3.8, 4) is 11.6 Å². The third-order valence-electron chi connectivity index (χ3n) is 2.58. The van der Waals surface area contributed by atoms with Crippen LogP contribution in [0, 0.1) is 0 Å². The lowest BCUT2D eigenvalue weighted by molar-refractivity contribution is -0.256. The first-order valence-electron chi connectivity index (χ1n) is 7.07. The van der Waals surface area contributed by atoms with E-state index in [1.54, 1.807) is 24.3 Å². The van der Waals surface area contributed by atoms with Gasteiger partial charge in [0.15, 0.2) is 0 Å². The van der Waals surface area contributed by atoms with Gasteiger partial charge >= 0.3 is 6.72 Å². The van der Waals surface area contributed by atoms with Crippen molar-refractivity contribution in [2.24, 2.45) is 0 Å². The van der Waals surface area contributed by atoms with E-state index in [-0.39, 0.29) is 11.4 Å². The highest BCUT2D eigenvalue weighted by Crippen LogP contribution is 2.49. The van der Waals surface area contributed by atoms with Crippen molar-refractivity contribution < 1.29 is 23.6 Å². The Balaban J connectivity index is 2.25. The summed E-state index contributed by atoms with van der Waals surface area (Å²) in [5, 5.41) is 4.11. The second-order valence-electron chi connectivity index (χ2n) is 4.43. The van der Waals surface area contributed by atoms with Crippen molar-refractivity contribution in [1.29, 1.82) is 0 Å². The summed E-state index contributed by atoms with van der Waals surface area (Å²) in [6.07, 6.45) is 0.722. The van der Waals surface area contributed by atoms with Gasteiger partial charge < -0.3 is 4.52 Å². The summed E-state index contributed by atoms with van der Waals surface area (Å²) in [6, 6.07) is 11.6. The Labute approximate surface area is 144 Å². The molecule has 0 saturated heterocycles. The van der Waals surface area contributed by atoms with Gasteiger partial charge in [-0.2, -0.15) is 4.68 Å². The molecule has 0 aliphatic carbocycles. The monoisotopic (exact) mass is 372 g/mol. The van der Waals surface area contributed by atoms with Gasteiger partial charge in [-0.15, -0.1) is 14.4 Å². The molecule has 24 heavy (non-hydrogen) atoms. The van der Waals surface area contributed by atoms with Gasteiger partial charge in [-0.3, -0.25) is 4.79 Å². The van der Waals surface area contributed by atoms with Crippen molar-refractivity contribution in [3.05, 3.63) is 52.8 Å². The molecule has 1 atom stereocenters. The minimum atomic E-state index is -3.39. The minimum Gasteiger partial charge on any atom is -0.401 e. The minimum absolute atomic E-state index is 0.0407. The largest absolute Gasteiger partial charge is 0.437 e. The molecular formula is C14H17N2O6PS. The highest BCUT2D eigenvalue weighted by molar-refractivity contribution is 8.07. The lowest BCUT2D eigenvalue weighted by atomic mass is 10.3. The third kappa shape index (κ3) is 5.20. The van der Waals surface area contributed by atoms with E-state index in [1.807, 2.05) is 13.0 Å². The molecular weight excluding hydrogens is 355 g/mol. The number of nitrogens with zero attached hydrogens (tertiary/aromatic N) is 2. The van der Waals surface area contributed by atoms with E-state index in [1.165, 1.54) is 23.9 Å². The second-order valence-corrected chi connectivity index (χ2v) is 7.15. The summed E-state index contributed by atoms with van der Waals surface area (Å²) in [5.74, 6) is 0.0407. The van der Waals surface area contributed by atoms with E-state index in [0.29, 0.717) is 12.3 Å². The topological polar surface area (TPSA) is 81.0 Å². The second kappa shape index (κ2) is 9.03. The Morgan fingerprint density at radius 1 is 1.17 bits per heavy atom. The van der Waals surface area contributed by atoms with Gasteiger partial charge in [-0.25, -0.2) is 9.78 Å². The van der Waals surface area contributed by atoms with Crippen molar-refractivity contribution >= 4 is 18.5 Å². The number of benzene rings is 1. The van der Waals surface area contributed by atoms with Gasteiger partial charge in [-0.05, 0) is 18.6 Å². The molecule has 2 rings (SSSR count). The number of rotatable bonds is 9. The molecule has 0 radical (unpaired) electrons. The molecule has 8 nitrogen and oxygen atoms in total. The van der Waals surface area contributed by atoms with E-state index in [9.17, 15) is 4.79 Å². The first kappa shape index (κ1) is 18.7. The quantitative estimate of drug-likeness (QED) is 0.288. The number of hydrogen-bond acceptors (Lipinski definition) is 8. The van der Waals surface area contributed by atoms with Gasteiger partial charge in [0.1, 0.15) is 0 Å². The summed E-state index contributed by atoms with van der Waals surface area (Å²) >= 11 is 5.16. The van der Waals surface area contributed by atoms with E-state index in [0.717, 1.165) is 6.42 Å². The van der Waals surface area contributed by atoms with Crippen LogP contribution in [-0.2, 0) is 30.9 Å². The first-order chi connectivity index (χ1) is 11.6. The van der Waals surface area contributed by atoms with Crippen molar-refractivity contribution in [1.82, 2.24) is 9.78 Å². The number of aromatic nitrogens is 2. The maximum atomic E-state index is 12.0. The van der Waals surface area contributed by atoms with Crippen LogP contribution in [0.15, 0.2) is 47.3 Å². The summed E-state index contributed by atoms with van der Waals surface area (Å²) in [5.41, 5.74) is 0.259. The van der Waals surface area contributed by atoms with E-state index >= 15 is 0 Å². The zero-order chi connectivity index (χ0) is 17.4. The maximum absolute atomic E-state index is 12.0. The molecule has 0 saturated carbocycles. The van der Waals surface area contributed by atoms with Crippen molar-refractivity contribution in [2.75, 3.05) is 13.7 Å². The van der Waals surface area contributed by atoms with Gasteiger partial charge in [-0.1, -0.05) is 25.1 Å². The zero-order valence-corrected chi connectivity index (χ0v) is 14.9. The molecule has 0 fully saturated rings. The molecule has 1 unspecified atom stereocenters. The van der Waals surface area contributed by atoms with Gasteiger partial charge in [0, 0.05) is 23.9 Å². The van der Waals surface area contributed by atoms with E-state index < -0.39 is 6.72 Å². The fourth-order valence-corrected chi connectivity index (χ4v) is 2.97. The Morgan fingerprint density at radius 2 is 1.92 bits per heavy atom. The molecule has 1 heterocycles. The third-order valence-corrected chi connectivity index (χ3v) is 4.20. The predicted octanol–water partition coefficient (Wildman–Crippen LogP) is 2.77. The first-order valence-corrected chi connectivity index (χ1v) is 9.62. The molecule has 0 spiro atoms. The van der Waals surface area contributed by atoms with Crippen molar-refractivity contribution in [2.45, 2.75) is 13.3 Å². The molecule has 0 amide bonds. The molecule has 0 N–H and O–H groups in total. The SMILES string of the molecule is CCCOOP(=S)(OOC)Oc1ccc(=O)n(-c2ccccc2)n1. The molecule has 0 aliphatic rings. The fraction of sp³-hybridized carbons (Fsp3) is 0.286. The molecule has 2 aromatic rings. The van der Waals surface area contributed by atoms with Gasteiger partial charge in [0.25, 0.3) is 5.56 Å². The molecule has 10 heteroatoms. The van der Waals surface area contributed by atoms with Gasteiger partial charge in [0.2, 0.25) is 5.88 Å². The Kier molecular flexibility index (Phi) is 7.04. The highest BCUT2D eigenvalue weighted by Gasteiger charge is 2.27. The summed E-state index contributed by atoms with van der Waals surface area (Å²) in [4.78, 5) is 21.5. The molecule has 130 valence electrons. The van der Waals surface area contributed by atoms with Crippen LogP contribution in [0.25, 0.3) is 5.69 Å². The predicted molar refractivity (Wildman–Crippen MR) is 90.2 cm³/mol. The number of hydrogen-bond donors (Lipinski definition) is 0. The Hall–Kier alpha value is -1.61. The van der Waals surface area contributed by atoms with Crippen LogP contribution in [0.1, 0.15) is 13.3 Å². The van der Waals surface area contributed by atoms with Crippen LogP contribution < -0.4 is 10.1 Å². The average molecular weight is 372 g/mol. The standard InChI is InChI=1S/C14H17N2O6PS/c1-3-11-19-22-23(24,21-18-2)20-13-9-10-14(17)16(15-13)12-7-5-4-6-8-12/h4-10H,3,11H2,1-2H3. The fourth-order valence-electron chi connectivity index (χ4n) is 1.63. The van der Waals surface area contributed by atoms with Crippen LogP contribution in [0.3, 0.4) is 0 Å². The molecule has 0 aliphatic heterocycles. The average Bonchev–Trinajstić information content (AvgIpc) is 2.58. The van der Waals surface area contributed by atoms with Crippen LogP contribution in [0.4, 0.5) is 0 Å². The van der Waals surface area contributed by atoms with E-state index in [4.69, 9.17) is 30.6 Å². The van der Waals surface area contributed by atoms with E-state index in [2.05, 4.69) is 9.99 Å². The highest BCUT2D eigenvalue weighted by atomic mass is 32.5. The number of para-hydroxylation sites is 1. The van der Waals surface area contributed by atoms with Crippen LogP contribution >= 0.6 is 6.72 Å². The van der Waals surface area contributed by atoms with Crippen LogP contribution in [0.5, 0.6) is 5.88 Å². The van der Waals surface area contributed by atoms with Crippen molar-refractivity contribution in [3.63, 3.8) is 0 Å². The molecule has 1 aromatic heterocycles. The summed E-state index contributed by atoms with van der Waals surface area (Å²) < 4.78 is 16.5. The Bertz CT molecular complexity index is 754. The lowest BCUT2D eigenvalue weighted by Gasteiger charge is -2.18. The molecule has 0 bridgehead atoms. The Morgan fingerprint density at radius 3 is 2.58 bits per heavy atom. The lowest BCUT2D eigenvalue weighted by Crippen LogP contribution is -2.20. The smallest absolute Gasteiger partial charge is 0.401 e. The van der Waals surface area contributed by atoms with Crippen LogP contribution in [-0.4, -0.2) is 23.5 Å². The summed E-state index contributed by atoms with van der Waals surface area (Å²) in [6.45, 7) is -1.17. The normalized spacial score (nSPS) is 13.4. The zero-order valence-electron chi connectivity index (χ0n) is 13.2. The summed E-state index contributed by atoms with van der Waals surface area (Å²) in [7, 11) is 1.27. The van der Waals surface area contributed by atoms with Gasteiger partial charge in [0.05, 0.1) is 19.4 Å².